The highest BCUT2D eigenvalue weighted by atomic mass is 19.4. The molecule has 1 N–H and O–H groups in total. The highest BCUT2D eigenvalue weighted by molar-refractivity contribution is 5.98. The van der Waals surface area contributed by atoms with E-state index in [0.29, 0.717) is 17.2 Å². The zero-order valence-corrected chi connectivity index (χ0v) is 18.5. The number of hydrogen-bond acceptors (Lipinski definition) is 4. The fraction of sp³-hybridized carbons (Fsp3) is 0.240. The first kappa shape index (κ1) is 23.3. The summed E-state index contributed by atoms with van der Waals surface area (Å²) in [5.41, 5.74) is 3.71. The van der Waals surface area contributed by atoms with Crippen molar-refractivity contribution in [2.45, 2.75) is 32.4 Å². The Morgan fingerprint density at radius 3 is 2.68 bits per heavy atom. The summed E-state index contributed by atoms with van der Waals surface area (Å²) in [7, 11) is 0. The Kier molecular flexibility index (Phi) is 6.28. The molecule has 2 aromatic heterocycles. The molecule has 176 valence electrons. The number of aromatic nitrogens is 2. The molecule has 0 aliphatic carbocycles. The number of hydrogen-bond donors (Lipinski definition) is 1. The van der Waals surface area contributed by atoms with E-state index in [1.165, 1.54) is 17.8 Å². The van der Waals surface area contributed by atoms with Crippen LogP contribution in [0.1, 0.15) is 52.6 Å². The van der Waals surface area contributed by atoms with Gasteiger partial charge in [-0.25, -0.2) is 4.79 Å². The zero-order valence-electron chi connectivity index (χ0n) is 18.5. The third-order valence-corrected chi connectivity index (χ3v) is 5.48. The van der Waals surface area contributed by atoms with Gasteiger partial charge in [-0.05, 0) is 41.3 Å². The molecule has 1 aliphatic heterocycles. The number of pyridine rings is 1. The van der Waals surface area contributed by atoms with Crippen LogP contribution in [0.3, 0.4) is 0 Å². The van der Waals surface area contributed by atoms with Gasteiger partial charge in [-0.1, -0.05) is 44.2 Å². The molecule has 0 unspecified atom stereocenters. The number of carbonyl (C=O) groups is 2. The summed E-state index contributed by atoms with van der Waals surface area (Å²) in [4.78, 5) is 32.9. The molecule has 0 saturated carbocycles. The van der Waals surface area contributed by atoms with Crippen molar-refractivity contribution in [2.75, 3.05) is 6.54 Å². The molecule has 4 rings (SSSR count). The van der Waals surface area contributed by atoms with Crippen LogP contribution in [0.15, 0.2) is 48.7 Å². The molecule has 1 aromatic carbocycles. The van der Waals surface area contributed by atoms with Crippen LogP contribution in [0.25, 0.3) is 23.4 Å². The molecular weight excluding hydrogens is 447 g/mol. The Balaban J connectivity index is 1.74. The van der Waals surface area contributed by atoms with Crippen LogP contribution in [0.4, 0.5) is 13.2 Å². The Morgan fingerprint density at radius 2 is 1.94 bits per heavy atom. The molecule has 3 heterocycles. The van der Waals surface area contributed by atoms with E-state index >= 15 is 0 Å². The minimum absolute atomic E-state index is 0.152. The molecule has 3 aromatic rings. The molecule has 1 amide bonds. The first-order valence-corrected chi connectivity index (χ1v) is 10.7. The van der Waals surface area contributed by atoms with Crippen LogP contribution < -0.4 is 10.2 Å². The summed E-state index contributed by atoms with van der Waals surface area (Å²) in [6, 6.07) is 12.6. The van der Waals surface area contributed by atoms with Gasteiger partial charge in [0, 0.05) is 24.7 Å². The van der Waals surface area contributed by atoms with Crippen LogP contribution in [-0.2, 0) is 11.2 Å². The Labute approximate surface area is 194 Å². The van der Waals surface area contributed by atoms with Crippen LogP contribution in [0.2, 0.25) is 0 Å². The van der Waals surface area contributed by atoms with Gasteiger partial charge in [-0.2, -0.15) is 17.9 Å². The van der Waals surface area contributed by atoms with Gasteiger partial charge in [0.15, 0.2) is 0 Å². The Morgan fingerprint density at radius 1 is 1.18 bits per heavy atom. The van der Waals surface area contributed by atoms with E-state index in [0.717, 1.165) is 10.3 Å². The van der Waals surface area contributed by atoms with Crippen molar-refractivity contribution >= 4 is 24.0 Å². The SMILES string of the molecule is CC(C)c1ccccc1C=Cc1cc(-c2cc3c(n2OC(=O)C(F)(F)F)CCNC3=O)ccn1. The maximum atomic E-state index is 12.9. The van der Waals surface area contributed by atoms with E-state index in [9.17, 15) is 22.8 Å². The smallest absolute Gasteiger partial charge is 0.352 e. The molecule has 0 fully saturated rings. The lowest BCUT2D eigenvalue weighted by Gasteiger charge is -2.17. The van der Waals surface area contributed by atoms with E-state index in [4.69, 9.17) is 4.84 Å². The highest BCUT2D eigenvalue weighted by Gasteiger charge is 2.43. The molecule has 0 saturated heterocycles. The molecule has 0 spiro atoms. The first-order valence-electron chi connectivity index (χ1n) is 10.7. The molecule has 0 atom stereocenters. The highest BCUT2D eigenvalue weighted by Crippen LogP contribution is 2.29. The van der Waals surface area contributed by atoms with Crippen molar-refractivity contribution in [1.29, 1.82) is 0 Å². The van der Waals surface area contributed by atoms with E-state index in [2.05, 4.69) is 24.1 Å². The van der Waals surface area contributed by atoms with Gasteiger partial charge >= 0.3 is 12.1 Å². The summed E-state index contributed by atoms with van der Waals surface area (Å²) in [5, 5.41) is 2.64. The number of carbonyl (C=O) groups excluding carboxylic acids is 2. The number of halogens is 3. The third-order valence-electron chi connectivity index (χ3n) is 5.48. The maximum absolute atomic E-state index is 12.9. The van der Waals surface area contributed by atoms with Crippen molar-refractivity contribution in [1.82, 2.24) is 15.0 Å². The summed E-state index contributed by atoms with van der Waals surface area (Å²) in [6.45, 7) is 4.41. The summed E-state index contributed by atoms with van der Waals surface area (Å²) >= 11 is 0. The second kappa shape index (κ2) is 9.17. The topological polar surface area (TPSA) is 73.2 Å². The molecule has 9 heteroatoms. The second-order valence-electron chi connectivity index (χ2n) is 8.15. The molecule has 0 bridgehead atoms. The van der Waals surface area contributed by atoms with Gasteiger partial charge in [0.05, 0.1) is 22.6 Å². The number of nitrogens with zero attached hydrogens (tertiary/aromatic N) is 2. The number of fused-ring (bicyclic) bond motifs is 1. The lowest BCUT2D eigenvalue weighted by Crippen LogP contribution is -2.37. The van der Waals surface area contributed by atoms with Gasteiger partial charge in [0.2, 0.25) is 0 Å². The third kappa shape index (κ3) is 4.73. The van der Waals surface area contributed by atoms with Crippen molar-refractivity contribution in [2.24, 2.45) is 0 Å². The van der Waals surface area contributed by atoms with E-state index < -0.39 is 18.1 Å². The lowest BCUT2D eigenvalue weighted by molar-refractivity contribution is -0.199. The van der Waals surface area contributed by atoms with E-state index in [1.54, 1.807) is 18.2 Å². The largest absolute Gasteiger partial charge is 0.493 e. The Hall–Kier alpha value is -3.88. The quantitative estimate of drug-likeness (QED) is 0.591. The fourth-order valence-corrected chi connectivity index (χ4v) is 3.86. The van der Waals surface area contributed by atoms with Gasteiger partial charge in [-0.3, -0.25) is 9.78 Å². The van der Waals surface area contributed by atoms with Crippen molar-refractivity contribution in [3.8, 4) is 11.3 Å². The van der Waals surface area contributed by atoms with Crippen LogP contribution >= 0.6 is 0 Å². The van der Waals surface area contributed by atoms with E-state index in [-0.39, 0.29) is 29.9 Å². The van der Waals surface area contributed by atoms with E-state index in [1.807, 2.05) is 30.3 Å². The summed E-state index contributed by atoms with van der Waals surface area (Å²) in [6.07, 6.45) is 0.262. The summed E-state index contributed by atoms with van der Waals surface area (Å²) < 4.78 is 39.5. The van der Waals surface area contributed by atoms with Crippen molar-refractivity contribution in [3.63, 3.8) is 0 Å². The number of amides is 1. The van der Waals surface area contributed by atoms with Crippen LogP contribution in [0, 0.1) is 0 Å². The standard InChI is InChI=1S/C25H22F3N3O3/c1-15(2)19-6-4-3-5-16(19)7-8-18-13-17(9-11-29-18)22-14-20-21(10-12-30-23(20)32)31(22)34-24(33)25(26,27)28/h3-9,11,13-15H,10,12H2,1-2H3,(H,30,32). The fourth-order valence-electron chi connectivity index (χ4n) is 3.86. The van der Waals surface area contributed by atoms with Crippen LogP contribution in [0.5, 0.6) is 0 Å². The predicted octanol–water partition coefficient (Wildman–Crippen LogP) is 4.65. The normalized spacial score (nSPS) is 13.8. The van der Waals surface area contributed by atoms with Crippen molar-refractivity contribution < 1.29 is 27.6 Å². The number of alkyl halides is 3. The maximum Gasteiger partial charge on any atom is 0.493 e. The van der Waals surface area contributed by atoms with Gasteiger partial charge < -0.3 is 10.2 Å². The molecular formula is C25H22F3N3O3. The number of rotatable bonds is 5. The molecule has 34 heavy (non-hydrogen) atoms. The summed E-state index contributed by atoms with van der Waals surface area (Å²) in [5.74, 6) is -2.48. The van der Waals surface area contributed by atoms with Gasteiger partial charge in [0.25, 0.3) is 5.91 Å². The van der Waals surface area contributed by atoms with Gasteiger partial charge in [-0.15, -0.1) is 0 Å². The second-order valence-corrected chi connectivity index (χ2v) is 8.15. The monoisotopic (exact) mass is 469 g/mol. The zero-order chi connectivity index (χ0) is 24.5. The molecule has 1 aliphatic rings. The number of nitrogens with one attached hydrogen (secondary N) is 1. The average Bonchev–Trinajstić information content (AvgIpc) is 3.17. The van der Waals surface area contributed by atoms with Gasteiger partial charge in [0.1, 0.15) is 0 Å². The minimum Gasteiger partial charge on any atom is -0.352 e. The first-order chi connectivity index (χ1) is 16.1. The molecule has 0 radical (unpaired) electrons. The van der Waals surface area contributed by atoms with Crippen LogP contribution in [-0.4, -0.2) is 34.3 Å². The average molecular weight is 469 g/mol. The van der Waals surface area contributed by atoms with Crippen molar-refractivity contribution in [3.05, 3.63) is 76.7 Å². The Bertz CT molecular complexity index is 1280. The lowest BCUT2D eigenvalue weighted by atomic mass is 9.97. The predicted molar refractivity (Wildman–Crippen MR) is 121 cm³/mol. The minimum atomic E-state index is -5.18. The molecule has 6 nitrogen and oxygen atoms in total. The number of benzene rings is 1.